The van der Waals surface area contributed by atoms with Crippen molar-refractivity contribution in [3.8, 4) is 0 Å². The Hall–Kier alpha value is -1.10. The minimum absolute atomic E-state index is 0.0922. The fourth-order valence-corrected chi connectivity index (χ4v) is 4.44. The summed E-state index contributed by atoms with van der Waals surface area (Å²) in [6.07, 6.45) is 6.49. The molecule has 3 aliphatic rings. The highest BCUT2D eigenvalue weighted by atomic mass is 16.5. The molecule has 0 aromatic rings. The molecule has 1 spiro atoms. The molecule has 1 saturated carbocycles. The van der Waals surface area contributed by atoms with Crippen molar-refractivity contribution in [3.05, 3.63) is 0 Å². The van der Waals surface area contributed by atoms with Gasteiger partial charge in [0.2, 0.25) is 11.8 Å². The van der Waals surface area contributed by atoms with Crippen molar-refractivity contribution in [1.29, 1.82) is 0 Å². The van der Waals surface area contributed by atoms with E-state index >= 15 is 0 Å². The van der Waals surface area contributed by atoms with Crippen LogP contribution < -0.4 is 0 Å². The average molecular weight is 336 g/mol. The maximum Gasteiger partial charge on any atom is 0.247 e. The summed E-state index contributed by atoms with van der Waals surface area (Å²) in [4.78, 5) is 29.8. The Bertz CT molecular complexity index is 477. The molecule has 0 aromatic carbocycles. The van der Waals surface area contributed by atoms with Crippen molar-refractivity contribution in [1.82, 2.24) is 9.80 Å². The van der Waals surface area contributed by atoms with Crippen LogP contribution in [0.25, 0.3) is 0 Å². The number of carbonyl (C=O) groups excluding carboxylic acids is 2. The van der Waals surface area contributed by atoms with E-state index in [9.17, 15) is 9.59 Å². The van der Waals surface area contributed by atoms with Crippen LogP contribution in [0.1, 0.15) is 65.7 Å². The summed E-state index contributed by atoms with van der Waals surface area (Å²) in [5.41, 5.74) is -0.529. The van der Waals surface area contributed by atoms with Crippen molar-refractivity contribution in [2.75, 3.05) is 19.7 Å². The van der Waals surface area contributed by atoms with Crippen molar-refractivity contribution >= 4 is 11.8 Å². The fraction of sp³-hybridized carbons (Fsp3) is 0.895. The van der Waals surface area contributed by atoms with Gasteiger partial charge in [0.25, 0.3) is 0 Å². The summed E-state index contributed by atoms with van der Waals surface area (Å²) in [6, 6.07) is -0.414. The Kier molecular flexibility index (Phi) is 5.19. The number of likely N-dealkylation sites (tertiary alicyclic amines) is 1. The predicted octanol–water partition coefficient (Wildman–Crippen LogP) is 2.79. The van der Waals surface area contributed by atoms with Crippen molar-refractivity contribution in [2.24, 2.45) is 11.8 Å². The number of nitrogens with zero attached hydrogens (tertiary/aromatic N) is 2. The second kappa shape index (κ2) is 7.03. The molecule has 5 nitrogen and oxygen atoms in total. The Labute approximate surface area is 145 Å². The van der Waals surface area contributed by atoms with Crippen LogP contribution in [0.3, 0.4) is 0 Å². The smallest absolute Gasteiger partial charge is 0.247 e. The molecule has 2 amide bonds. The maximum absolute atomic E-state index is 13.0. The van der Waals surface area contributed by atoms with E-state index in [1.807, 2.05) is 9.80 Å². The summed E-state index contributed by atoms with van der Waals surface area (Å²) < 4.78 is 6.20. The first kappa shape index (κ1) is 17.7. The lowest BCUT2D eigenvalue weighted by Gasteiger charge is -2.43. The molecular weight excluding hydrogens is 304 g/mol. The zero-order valence-electron chi connectivity index (χ0n) is 15.4. The maximum atomic E-state index is 13.0. The van der Waals surface area contributed by atoms with E-state index in [0.29, 0.717) is 24.9 Å². The minimum Gasteiger partial charge on any atom is -0.353 e. The van der Waals surface area contributed by atoms with Gasteiger partial charge in [0.15, 0.2) is 0 Å². The molecule has 3 rings (SSSR count). The Balaban J connectivity index is 1.82. The monoisotopic (exact) mass is 336 g/mol. The first-order valence-corrected chi connectivity index (χ1v) is 9.68. The Morgan fingerprint density at radius 2 is 1.79 bits per heavy atom. The average Bonchev–Trinajstić information content (AvgIpc) is 3.17. The van der Waals surface area contributed by atoms with Gasteiger partial charge in [-0.05, 0) is 50.4 Å². The zero-order valence-corrected chi connectivity index (χ0v) is 15.4. The first-order chi connectivity index (χ1) is 11.4. The Morgan fingerprint density at radius 1 is 1.17 bits per heavy atom. The van der Waals surface area contributed by atoms with Crippen molar-refractivity contribution < 1.29 is 14.3 Å². The number of carbonyl (C=O) groups is 2. The second-order valence-electron chi connectivity index (χ2n) is 8.35. The second-order valence-corrected chi connectivity index (χ2v) is 8.35. The highest BCUT2D eigenvalue weighted by Crippen LogP contribution is 2.43. The molecule has 2 heterocycles. The standard InChI is InChI=1S/C19H32N2O3/c1-14(2)12-17(22)21-16(18(23)20-10-4-5-11-20)13-24-19(21)8-6-15(3)7-9-19/h14-16H,4-13H2,1-3H3/t15?,16-,19?/m0/s1. The van der Waals surface area contributed by atoms with Crippen LogP contribution >= 0.6 is 0 Å². The van der Waals surface area contributed by atoms with Crippen molar-refractivity contribution in [2.45, 2.75) is 77.5 Å². The zero-order chi connectivity index (χ0) is 17.3. The minimum atomic E-state index is -0.529. The largest absolute Gasteiger partial charge is 0.353 e. The summed E-state index contributed by atoms with van der Waals surface area (Å²) in [5.74, 6) is 1.16. The van der Waals surface area contributed by atoms with Gasteiger partial charge in [0.1, 0.15) is 11.8 Å². The third-order valence-corrected chi connectivity index (χ3v) is 5.87. The van der Waals surface area contributed by atoms with Crippen LogP contribution in [0, 0.1) is 11.8 Å². The highest BCUT2D eigenvalue weighted by Gasteiger charge is 2.54. The normalized spacial score (nSPS) is 33.7. The lowest BCUT2D eigenvalue weighted by Crippen LogP contribution is -2.57. The molecule has 0 N–H and O–H groups in total. The van der Waals surface area contributed by atoms with Gasteiger partial charge in [-0.25, -0.2) is 0 Å². The number of hydrogen-bond donors (Lipinski definition) is 0. The van der Waals surface area contributed by atoms with Gasteiger partial charge in [-0.15, -0.1) is 0 Å². The first-order valence-electron chi connectivity index (χ1n) is 9.68. The third kappa shape index (κ3) is 3.32. The molecule has 0 unspecified atom stereocenters. The molecule has 0 bridgehead atoms. The van der Waals surface area contributed by atoms with E-state index in [1.165, 1.54) is 0 Å². The van der Waals surface area contributed by atoms with Crippen LogP contribution in [0.4, 0.5) is 0 Å². The molecule has 2 aliphatic heterocycles. The van der Waals surface area contributed by atoms with Crippen molar-refractivity contribution in [3.63, 3.8) is 0 Å². The highest BCUT2D eigenvalue weighted by molar-refractivity contribution is 5.89. The molecular formula is C19H32N2O3. The summed E-state index contributed by atoms with van der Waals surface area (Å²) in [7, 11) is 0. The fourth-order valence-electron chi connectivity index (χ4n) is 4.44. The molecule has 1 atom stereocenters. The number of ether oxygens (including phenoxy) is 1. The molecule has 2 saturated heterocycles. The van der Waals surface area contributed by atoms with Crippen LogP contribution in [0.2, 0.25) is 0 Å². The molecule has 3 fully saturated rings. The SMILES string of the molecule is CC(C)CC(=O)N1[C@H](C(=O)N2CCCC2)COC12CCC(C)CC2. The van der Waals surface area contributed by atoms with Crippen LogP contribution in [0.15, 0.2) is 0 Å². The van der Waals surface area contributed by atoms with Gasteiger partial charge >= 0.3 is 0 Å². The summed E-state index contributed by atoms with van der Waals surface area (Å²) >= 11 is 0. The van der Waals surface area contributed by atoms with E-state index in [1.54, 1.807) is 0 Å². The molecule has 136 valence electrons. The topological polar surface area (TPSA) is 49.9 Å². The van der Waals surface area contributed by atoms with Gasteiger partial charge < -0.3 is 9.64 Å². The lowest BCUT2D eigenvalue weighted by atomic mass is 9.83. The lowest BCUT2D eigenvalue weighted by molar-refractivity contribution is -0.163. The van der Waals surface area contributed by atoms with Gasteiger partial charge in [0, 0.05) is 19.5 Å². The van der Waals surface area contributed by atoms with Crippen LogP contribution in [-0.2, 0) is 14.3 Å². The van der Waals surface area contributed by atoms with Crippen LogP contribution in [-0.4, -0.2) is 53.1 Å². The van der Waals surface area contributed by atoms with E-state index in [-0.39, 0.29) is 11.8 Å². The summed E-state index contributed by atoms with van der Waals surface area (Å²) in [5, 5.41) is 0. The van der Waals surface area contributed by atoms with E-state index in [4.69, 9.17) is 4.74 Å². The number of rotatable bonds is 3. The molecule has 24 heavy (non-hydrogen) atoms. The molecule has 0 aromatic heterocycles. The summed E-state index contributed by atoms with van der Waals surface area (Å²) in [6.45, 7) is 8.39. The van der Waals surface area contributed by atoms with E-state index in [0.717, 1.165) is 51.6 Å². The van der Waals surface area contributed by atoms with Gasteiger partial charge in [0.05, 0.1) is 6.61 Å². The Morgan fingerprint density at radius 3 is 2.38 bits per heavy atom. The van der Waals surface area contributed by atoms with Crippen LogP contribution in [0.5, 0.6) is 0 Å². The molecule has 5 heteroatoms. The van der Waals surface area contributed by atoms with E-state index in [2.05, 4.69) is 20.8 Å². The number of amides is 2. The quantitative estimate of drug-likeness (QED) is 0.796. The van der Waals surface area contributed by atoms with Gasteiger partial charge in [-0.3, -0.25) is 14.5 Å². The number of hydrogen-bond acceptors (Lipinski definition) is 3. The molecule has 1 aliphatic carbocycles. The van der Waals surface area contributed by atoms with Gasteiger partial charge in [-0.2, -0.15) is 0 Å². The van der Waals surface area contributed by atoms with Gasteiger partial charge in [-0.1, -0.05) is 20.8 Å². The third-order valence-electron chi connectivity index (χ3n) is 5.87. The van der Waals surface area contributed by atoms with E-state index < -0.39 is 11.8 Å². The predicted molar refractivity (Wildman–Crippen MR) is 92.2 cm³/mol. The molecule has 0 radical (unpaired) electrons.